The summed E-state index contributed by atoms with van der Waals surface area (Å²) in [7, 11) is 0. The van der Waals surface area contributed by atoms with Crippen molar-refractivity contribution in [1.82, 2.24) is 10.3 Å². The molecular weight excluding hydrogens is 259 g/mol. The Bertz CT molecular complexity index is 573. The minimum absolute atomic E-state index is 0.205. The van der Waals surface area contributed by atoms with Gasteiger partial charge >= 0.3 is 0 Å². The van der Waals surface area contributed by atoms with Crippen molar-refractivity contribution < 1.29 is 4.39 Å². The second kappa shape index (κ2) is 5.39. The summed E-state index contributed by atoms with van der Waals surface area (Å²) in [6, 6.07) is 7.24. The Balaban J connectivity index is 1.84. The fourth-order valence-corrected chi connectivity index (χ4v) is 3.62. The summed E-state index contributed by atoms with van der Waals surface area (Å²) in [6.45, 7) is 3.18. The summed E-state index contributed by atoms with van der Waals surface area (Å²) in [5.41, 5.74) is 1.80. The van der Waals surface area contributed by atoms with E-state index in [2.05, 4.69) is 12.2 Å². The molecule has 2 heterocycles. The molecule has 0 radical (unpaired) electrons. The van der Waals surface area contributed by atoms with Crippen LogP contribution in [0.15, 0.2) is 24.3 Å². The summed E-state index contributed by atoms with van der Waals surface area (Å²) in [5, 5.41) is 4.64. The quantitative estimate of drug-likeness (QED) is 0.927. The molecule has 0 bridgehead atoms. The van der Waals surface area contributed by atoms with E-state index in [-0.39, 0.29) is 5.82 Å². The molecule has 1 aliphatic heterocycles. The van der Waals surface area contributed by atoms with Crippen LogP contribution in [0.1, 0.15) is 22.7 Å². The van der Waals surface area contributed by atoms with Crippen molar-refractivity contribution in [3.8, 4) is 11.3 Å². The van der Waals surface area contributed by atoms with E-state index in [0.717, 1.165) is 29.2 Å². The molecule has 3 rings (SSSR count). The fourth-order valence-electron chi connectivity index (χ4n) is 2.58. The standard InChI is InChI=1S/C15H17FN2S/c1-10-15(11-4-2-5-12(16)8-11)18-14(19-10)9-13-6-3-7-17-13/h2,4-5,8,13,17H,3,6-7,9H2,1H3. The molecule has 0 aliphatic carbocycles. The third-order valence-electron chi connectivity index (χ3n) is 3.52. The van der Waals surface area contributed by atoms with Crippen LogP contribution >= 0.6 is 11.3 Å². The van der Waals surface area contributed by atoms with E-state index in [1.54, 1.807) is 23.5 Å². The lowest BCUT2D eigenvalue weighted by Crippen LogP contribution is -2.23. The van der Waals surface area contributed by atoms with Crippen LogP contribution in [0.4, 0.5) is 4.39 Å². The second-order valence-corrected chi connectivity index (χ2v) is 6.31. The zero-order valence-corrected chi connectivity index (χ0v) is 11.8. The predicted molar refractivity (Wildman–Crippen MR) is 77.0 cm³/mol. The molecule has 1 fully saturated rings. The third-order valence-corrected chi connectivity index (χ3v) is 4.52. The van der Waals surface area contributed by atoms with Crippen molar-refractivity contribution >= 4 is 11.3 Å². The average molecular weight is 276 g/mol. The van der Waals surface area contributed by atoms with Crippen LogP contribution in [0.25, 0.3) is 11.3 Å². The molecular formula is C15H17FN2S. The lowest BCUT2D eigenvalue weighted by Gasteiger charge is -2.06. The first kappa shape index (κ1) is 12.8. The van der Waals surface area contributed by atoms with Crippen molar-refractivity contribution in [2.75, 3.05) is 6.54 Å². The Kier molecular flexibility index (Phi) is 3.62. The van der Waals surface area contributed by atoms with Crippen molar-refractivity contribution in [1.29, 1.82) is 0 Å². The van der Waals surface area contributed by atoms with Gasteiger partial charge in [-0.2, -0.15) is 0 Å². The van der Waals surface area contributed by atoms with E-state index in [9.17, 15) is 4.39 Å². The smallest absolute Gasteiger partial charge is 0.123 e. The number of thiazole rings is 1. The number of nitrogens with one attached hydrogen (secondary N) is 1. The number of benzene rings is 1. The Morgan fingerprint density at radius 1 is 1.47 bits per heavy atom. The van der Waals surface area contributed by atoms with Crippen molar-refractivity contribution in [2.24, 2.45) is 0 Å². The molecule has 2 nitrogen and oxygen atoms in total. The van der Waals surface area contributed by atoms with Crippen LogP contribution in [0.2, 0.25) is 0 Å². The molecule has 19 heavy (non-hydrogen) atoms. The van der Waals surface area contributed by atoms with E-state index >= 15 is 0 Å². The van der Waals surface area contributed by atoms with Gasteiger partial charge in [0.25, 0.3) is 0 Å². The van der Waals surface area contributed by atoms with Crippen molar-refractivity contribution in [2.45, 2.75) is 32.2 Å². The van der Waals surface area contributed by atoms with Crippen molar-refractivity contribution in [3.63, 3.8) is 0 Å². The van der Waals surface area contributed by atoms with Gasteiger partial charge in [0.05, 0.1) is 10.7 Å². The highest BCUT2D eigenvalue weighted by Crippen LogP contribution is 2.29. The van der Waals surface area contributed by atoms with Gasteiger partial charge in [0, 0.05) is 22.9 Å². The lowest BCUT2D eigenvalue weighted by atomic mass is 10.1. The zero-order chi connectivity index (χ0) is 13.2. The molecule has 100 valence electrons. The highest BCUT2D eigenvalue weighted by atomic mass is 32.1. The van der Waals surface area contributed by atoms with Crippen LogP contribution < -0.4 is 5.32 Å². The molecule has 0 saturated carbocycles. The summed E-state index contributed by atoms with van der Waals surface area (Å²) >= 11 is 1.73. The van der Waals surface area contributed by atoms with Gasteiger partial charge < -0.3 is 5.32 Å². The van der Waals surface area contributed by atoms with Gasteiger partial charge in [-0.15, -0.1) is 11.3 Å². The molecule has 4 heteroatoms. The molecule has 1 aromatic carbocycles. The average Bonchev–Trinajstić information content (AvgIpc) is 3.00. The molecule has 1 atom stereocenters. The van der Waals surface area contributed by atoms with E-state index in [0.29, 0.717) is 6.04 Å². The predicted octanol–water partition coefficient (Wildman–Crippen LogP) is 3.55. The normalized spacial score (nSPS) is 18.9. The maximum atomic E-state index is 13.3. The van der Waals surface area contributed by atoms with Gasteiger partial charge in [-0.3, -0.25) is 0 Å². The largest absolute Gasteiger partial charge is 0.314 e. The van der Waals surface area contributed by atoms with Gasteiger partial charge in [-0.05, 0) is 38.4 Å². The molecule has 0 spiro atoms. The minimum atomic E-state index is -0.205. The fraction of sp³-hybridized carbons (Fsp3) is 0.400. The first-order valence-corrected chi connectivity index (χ1v) is 7.49. The summed E-state index contributed by atoms with van der Waals surface area (Å²) in [5.74, 6) is -0.205. The number of halogens is 1. The number of hydrogen-bond acceptors (Lipinski definition) is 3. The van der Waals surface area contributed by atoms with E-state index in [4.69, 9.17) is 4.98 Å². The van der Waals surface area contributed by atoms with Gasteiger partial charge in [-0.25, -0.2) is 9.37 Å². The van der Waals surface area contributed by atoms with Crippen LogP contribution in [0.3, 0.4) is 0 Å². The third kappa shape index (κ3) is 2.85. The van der Waals surface area contributed by atoms with Gasteiger partial charge in [0.2, 0.25) is 0 Å². The van der Waals surface area contributed by atoms with Crippen LogP contribution in [0.5, 0.6) is 0 Å². The topological polar surface area (TPSA) is 24.9 Å². The summed E-state index contributed by atoms with van der Waals surface area (Å²) in [4.78, 5) is 5.86. The van der Waals surface area contributed by atoms with E-state index in [1.165, 1.54) is 23.8 Å². The van der Waals surface area contributed by atoms with E-state index in [1.807, 2.05) is 6.07 Å². The van der Waals surface area contributed by atoms with Crippen LogP contribution in [-0.2, 0) is 6.42 Å². The number of rotatable bonds is 3. The zero-order valence-electron chi connectivity index (χ0n) is 10.9. The maximum Gasteiger partial charge on any atom is 0.123 e. The minimum Gasteiger partial charge on any atom is -0.314 e. The monoisotopic (exact) mass is 276 g/mol. The lowest BCUT2D eigenvalue weighted by molar-refractivity contribution is 0.601. The first-order chi connectivity index (χ1) is 9.22. The number of aromatic nitrogens is 1. The van der Waals surface area contributed by atoms with Gasteiger partial charge in [0.1, 0.15) is 5.82 Å². The summed E-state index contributed by atoms with van der Waals surface area (Å²) in [6.07, 6.45) is 3.47. The van der Waals surface area contributed by atoms with Crippen molar-refractivity contribution in [3.05, 3.63) is 40.0 Å². The Hall–Kier alpha value is -1.26. The van der Waals surface area contributed by atoms with Crippen LogP contribution in [-0.4, -0.2) is 17.6 Å². The Morgan fingerprint density at radius 2 is 2.37 bits per heavy atom. The molecule has 0 amide bonds. The molecule has 1 aliphatic rings. The Labute approximate surface area is 116 Å². The first-order valence-electron chi connectivity index (χ1n) is 6.68. The Morgan fingerprint density at radius 3 is 3.11 bits per heavy atom. The highest BCUT2D eigenvalue weighted by Gasteiger charge is 2.18. The van der Waals surface area contributed by atoms with Crippen LogP contribution in [0, 0.1) is 12.7 Å². The number of hydrogen-bond donors (Lipinski definition) is 1. The summed E-state index contributed by atoms with van der Waals surface area (Å²) < 4.78 is 13.3. The molecule has 1 saturated heterocycles. The van der Waals surface area contributed by atoms with E-state index < -0.39 is 0 Å². The molecule has 1 N–H and O–H groups in total. The number of aryl methyl sites for hydroxylation is 1. The SMILES string of the molecule is Cc1sc(CC2CCCN2)nc1-c1cccc(F)c1. The molecule has 1 aromatic heterocycles. The highest BCUT2D eigenvalue weighted by molar-refractivity contribution is 7.12. The maximum absolute atomic E-state index is 13.3. The van der Waals surface area contributed by atoms with Gasteiger partial charge in [-0.1, -0.05) is 12.1 Å². The molecule has 2 aromatic rings. The van der Waals surface area contributed by atoms with Gasteiger partial charge in [0.15, 0.2) is 0 Å². The second-order valence-electron chi connectivity index (χ2n) is 5.02. The molecule has 1 unspecified atom stereocenters. The number of nitrogens with zero attached hydrogens (tertiary/aromatic N) is 1.